The van der Waals surface area contributed by atoms with E-state index in [2.05, 4.69) is 17.5 Å². The van der Waals surface area contributed by atoms with Gasteiger partial charge in [-0.3, -0.25) is 4.79 Å². The van der Waals surface area contributed by atoms with Crippen molar-refractivity contribution in [1.82, 2.24) is 5.32 Å². The zero-order chi connectivity index (χ0) is 17.8. The maximum atomic E-state index is 14.5. The number of rotatable bonds is 5. The summed E-state index contributed by atoms with van der Waals surface area (Å²) >= 11 is 0. The Hall–Kier alpha value is -1.88. The topological polar surface area (TPSA) is 41.6 Å². The predicted octanol–water partition coefficient (Wildman–Crippen LogP) is 3.41. The summed E-state index contributed by atoms with van der Waals surface area (Å²) in [6.07, 6.45) is 7.04. The van der Waals surface area contributed by atoms with E-state index < -0.39 is 0 Å². The Kier molecular flexibility index (Phi) is 5.74. The predicted molar refractivity (Wildman–Crippen MR) is 96.9 cm³/mol. The molecule has 1 amide bonds. The second-order valence-electron chi connectivity index (χ2n) is 7.19. The van der Waals surface area contributed by atoms with E-state index in [1.54, 1.807) is 6.07 Å². The SMILES string of the molecule is CC1CN(c2ccc(CNC(=O)CC3C=CCC3)cc2F)CC(C)O1. The molecule has 0 saturated carbocycles. The Morgan fingerprint density at radius 1 is 1.32 bits per heavy atom. The summed E-state index contributed by atoms with van der Waals surface area (Å²) < 4.78 is 20.2. The zero-order valence-corrected chi connectivity index (χ0v) is 15.0. The lowest BCUT2D eigenvalue weighted by Gasteiger charge is -2.37. The van der Waals surface area contributed by atoms with Crippen molar-refractivity contribution in [3.05, 3.63) is 41.7 Å². The number of nitrogens with one attached hydrogen (secondary N) is 1. The second-order valence-corrected chi connectivity index (χ2v) is 7.19. The number of amides is 1. The highest BCUT2D eigenvalue weighted by molar-refractivity contribution is 5.76. The summed E-state index contributed by atoms with van der Waals surface area (Å²) in [5.41, 5.74) is 1.39. The largest absolute Gasteiger partial charge is 0.372 e. The molecule has 0 spiro atoms. The lowest BCUT2D eigenvalue weighted by Crippen LogP contribution is -2.45. The van der Waals surface area contributed by atoms with E-state index in [1.165, 1.54) is 6.07 Å². The molecule has 0 aromatic heterocycles. The number of carbonyl (C=O) groups excluding carboxylic acids is 1. The lowest BCUT2D eigenvalue weighted by molar-refractivity contribution is -0.121. The first-order valence-electron chi connectivity index (χ1n) is 9.13. The van der Waals surface area contributed by atoms with Gasteiger partial charge in [-0.25, -0.2) is 4.39 Å². The molecule has 3 atom stereocenters. The number of halogens is 1. The summed E-state index contributed by atoms with van der Waals surface area (Å²) in [5.74, 6) is 0.132. The molecule has 0 bridgehead atoms. The van der Waals surface area contributed by atoms with Crippen LogP contribution in [0.15, 0.2) is 30.4 Å². The number of allylic oxidation sites excluding steroid dienone is 2. The molecular weight excluding hydrogens is 319 g/mol. The van der Waals surface area contributed by atoms with E-state index in [9.17, 15) is 9.18 Å². The minimum Gasteiger partial charge on any atom is -0.372 e. The van der Waals surface area contributed by atoms with E-state index in [0.717, 1.165) is 18.4 Å². The Morgan fingerprint density at radius 3 is 2.72 bits per heavy atom. The van der Waals surface area contributed by atoms with E-state index in [-0.39, 0.29) is 23.9 Å². The molecule has 136 valence electrons. The van der Waals surface area contributed by atoms with Crippen LogP contribution in [0.5, 0.6) is 0 Å². The van der Waals surface area contributed by atoms with Gasteiger partial charge < -0.3 is 15.0 Å². The van der Waals surface area contributed by atoms with Crippen LogP contribution < -0.4 is 10.2 Å². The molecule has 1 aromatic carbocycles. The fraction of sp³-hybridized carbons (Fsp3) is 0.550. The number of hydrogen-bond acceptors (Lipinski definition) is 3. The van der Waals surface area contributed by atoms with Crippen molar-refractivity contribution < 1.29 is 13.9 Å². The van der Waals surface area contributed by atoms with Crippen molar-refractivity contribution >= 4 is 11.6 Å². The highest BCUT2D eigenvalue weighted by Crippen LogP contribution is 2.25. The van der Waals surface area contributed by atoms with Crippen molar-refractivity contribution in [3.63, 3.8) is 0 Å². The van der Waals surface area contributed by atoms with Crippen LogP contribution in [0, 0.1) is 11.7 Å². The molecule has 1 aromatic rings. The Morgan fingerprint density at radius 2 is 2.08 bits per heavy atom. The molecular formula is C20H27FN2O2. The Balaban J connectivity index is 1.56. The highest BCUT2D eigenvalue weighted by Gasteiger charge is 2.24. The number of hydrogen-bond donors (Lipinski definition) is 1. The van der Waals surface area contributed by atoms with Gasteiger partial charge in [-0.15, -0.1) is 0 Å². The molecule has 1 aliphatic heterocycles. The highest BCUT2D eigenvalue weighted by atomic mass is 19.1. The minimum absolute atomic E-state index is 0.0249. The molecule has 1 fully saturated rings. The van der Waals surface area contributed by atoms with Gasteiger partial charge in [0, 0.05) is 26.1 Å². The van der Waals surface area contributed by atoms with Crippen LogP contribution in [0.2, 0.25) is 0 Å². The van der Waals surface area contributed by atoms with Crippen molar-refractivity contribution in [3.8, 4) is 0 Å². The van der Waals surface area contributed by atoms with Crippen LogP contribution in [0.4, 0.5) is 10.1 Å². The van der Waals surface area contributed by atoms with Gasteiger partial charge in [0.1, 0.15) is 5.82 Å². The number of carbonyl (C=O) groups is 1. The molecule has 1 N–H and O–H groups in total. The maximum Gasteiger partial charge on any atom is 0.220 e. The zero-order valence-electron chi connectivity index (χ0n) is 15.0. The van der Waals surface area contributed by atoms with Crippen LogP contribution in [-0.2, 0) is 16.1 Å². The van der Waals surface area contributed by atoms with Crippen LogP contribution >= 0.6 is 0 Å². The average molecular weight is 346 g/mol. The molecule has 25 heavy (non-hydrogen) atoms. The molecule has 0 radical (unpaired) electrons. The molecule has 3 unspecified atom stereocenters. The third-order valence-corrected chi connectivity index (χ3v) is 4.82. The van der Waals surface area contributed by atoms with Crippen LogP contribution in [0.25, 0.3) is 0 Å². The van der Waals surface area contributed by atoms with E-state index >= 15 is 0 Å². The molecule has 1 aliphatic carbocycles. The fourth-order valence-corrected chi connectivity index (χ4v) is 3.67. The van der Waals surface area contributed by atoms with Crippen LogP contribution in [0.3, 0.4) is 0 Å². The standard InChI is InChI=1S/C20H27FN2O2/c1-14-12-23(13-15(2)25-14)19-8-7-17(9-18(19)21)11-22-20(24)10-16-5-3-4-6-16/h3,5,7-9,14-16H,4,6,10-13H2,1-2H3,(H,22,24). The quantitative estimate of drug-likeness (QED) is 0.831. The minimum atomic E-state index is -0.244. The van der Waals surface area contributed by atoms with Gasteiger partial charge >= 0.3 is 0 Å². The summed E-state index contributed by atoms with van der Waals surface area (Å²) in [7, 11) is 0. The van der Waals surface area contributed by atoms with Crippen molar-refractivity contribution in [2.24, 2.45) is 5.92 Å². The van der Waals surface area contributed by atoms with E-state index in [1.807, 2.05) is 24.8 Å². The molecule has 5 heteroatoms. The third-order valence-electron chi connectivity index (χ3n) is 4.82. The van der Waals surface area contributed by atoms with Crippen molar-refractivity contribution in [1.29, 1.82) is 0 Å². The maximum absolute atomic E-state index is 14.5. The summed E-state index contributed by atoms with van der Waals surface area (Å²) in [6.45, 7) is 5.74. The Labute approximate surface area is 149 Å². The Bertz CT molecular complexity index is 637. The van der Waals surface area contributed by atoms with Gasteiger partial charge in [0.25, 0.3) is 0 Å². The van der Waals surface area contributed by atoms with Crippen molar-refractivity contribution in [2.45, 2.75) is 51.9 Å². The average Bonchev–Trinajstić information content (AvgIpc) is 3.05. The molecule has 2 aliphatic rings. The number of morpholine rings is 1. The van der Waals surface area contributed by atoms with Gasteiger partial charge in [0.15, 0.2) is 0 Å². The summed E-state index contributed by atoms with van der Waals surface area (Å²) in [5, 5.41) is 2.89. The first kappa shape index (κ1) is 17.9. The fourth-order valence-electron chi connectivity index (χ4n) is 3.67. The normalized spacial score (nSPS) is 26.0. The van der Waals surface area contributed by atoms with Crippen LogP contribution in [0.1, 0.15) is 38.7 Å². The first-order chi connectivity index (χ1) is 12.0. The summed E-state index contributed by atoms with van der Waals surface area (Å²) in [6, 6.07) is 5.22. The molecule has 4 nitrogen and oxygen atoms in total. The van der Waals surface area contributed by atoms with Gasteiger partial charge in [0.2, 0.25) is 5.91 Å². The number of nitrogens with zero attached hydrogens (tertiary/aromatic N) is 1. The van der Waals surface area contributed by atoms with E-state index in [0.29, 0.717) is 37.7 Å². The molecule has 1 saturated heterocycles. The van der Waals surface area contributed by atoms with Gasteiger partial charge in [-0.05, 0) is 50.3 Å². The second kappa shape index (κ2) is 8.00. The summed E-state index contributed by atoms with van der Waals surface area (Å²) in [4.78, 5) is 14.0. The number of benzene rings is 1. The van der Waals surface area contributed by atoms with Gasteiger partial charge in [-0.1, -0.05) is 18.2 Å². The first-order valence-corrected chi connectivity index (χ1v) is 9.13. The van der Waals surface area contributed by atoms with E-state index in [4.69, 9.17) is 4.74 Å². The number of anilines is 1. The van der Waals surface area contributed by atoms with Gasteiger partial charge in [0.05, 0.1) is 17.9 Å². The molecule has 1 heterocycles. The number of ether oxygens (including phenoxy) is 1. The van der Waals surface area contributed by atoms with Gasteiger partial charge in [-0.2, -0.15) is 0 Å². The van der Waals surface area contributed by atoms with Crippen LogP contribution in [-0.4, -0.2) is 31.2 Å². The molecule has 3 rings (SSSR count). The monoisotopic (exact) mass is 346 g/mol. The van der Waals surface area contributed by atoms with Crippen molar-refractivity contribution in [2.75, 3.05) is 18.0 Å². The lowest BCUT2D eigenvalue weighted by atomic mass is 10.0. The third kappa shape index (κ3) is 4.82. The smallest absolute Gasteiger partial charge is 0.220 e.